The first kappa shape index (κ1) is 18.7. The zero-order valence-electron chi connectivity index (χ0n) is 17.9. The SMILES string of the molecule is Cc1ccc(-c2ccc(-c3cccc(-c4ccc5oc6ccccc6c5c4)c3)cc2)cc1. The van der Waals surface area contributed by atoms with Crippen LogP contribution in [0.2, 0.25) is 0 Å². The Bertz CT molecular complexity index is 1550. The van der Waals surface area contributed by atoms with Gasteiger partial charge < -0.3 is 4.42 Å². The van der Waals surface area contributed by atoms with Gasteiger partial charge in [0.05, 0.1) is 0 Å². The highest BCUT2D eigenvalue weighted by atomic mass is 16.3. The number of fused-ring (bicyclic) bond motifs is 3. The van der Waals surface area contributed by atoms with Crippen LogP contribution in [0.4, 0.5) is 0 Å². The van der Waals surface area contributed by atoms with Crippen molar-refractivity contribution in [3.63, 3.8) is 0 Å². The standard InChI is InChI=1S/C31H22O/c1-21-9-11-22(12-10-21)23-13-15-24(16-14-23)25-5-4-6-26(19-25)27-17-18-31-29(20-27)28-7-2-3-8-30(28)32-31/h2-20H,1H3. The third-order valence-corrected chi connectivity index (χ3v) is 6.18. The molecule has 1 heteroatoms. The van der Waals surface area contributed by atoms with Gasteiger partial charge in [0, 0.05) is 10.8 Å². The van der Waals surface area contributed by atoms with Crippen LogP contribution in [0.15, 0.2) is 120 Å². The molecule has 0 saturated carbocycles. The summed E-state index contributed by atoms with van der Waals surface area (Å²) in [5, 5.41) is 2.32. The quantitative estimate of drug-likeness (QED) is 0.284. The fraction of sp³-hybridized carbons (Fsp3) is 0.0323. The number of benzene rings is 5. The number of hydrogen-bond acceptors (Lipinski definition) is 1. The first-order valence-electron chi connectivity index (χ1n) is 10.9. The van der Waals surface area contributed by atoms with Crippen molar-refractivity contribution in [1.82, 2.24) is 0 Å². The van der Waals surface area contributed by atoms with Gasteiger partial charge in [-0.2, -0.15) is 0 Å². The predicted molar refractivity (Wildman–Crippen MR) is 135 cm³/mol. The molecule has 5 aromatic carbocycles. The highest BCUT2D eigenvalue weighted by Gasteiger charge is 2.09. The molecule has 0 aliphatic heterocycles. The summed E-state index contributed by atoms with van der Waals surface area (Å²) in [7, 11) is 0. The minimum absolute atomic E-state index is 0.929. The van der Waals surface area contributed by atoms with E-state index in [1.807, 2.05) is 12.1 Å². The first-order chi connectivity index (χ1) is 15.7. The Balaban J connectivity index is 1.36. The van der Waals surface area contributed by atoms with E-state index in [4.69, 9.17) is 4.42 Å². The van der Waals surface area contributed by atoms with Crippen LogP contribution in [0.25, 0.3) is 55.3 Å². The summed E-state index contributed by atoms with van der Waals surface area (Å²) >= 11 is 0. The molecular weight excluding hydrogens is 388 g/mol. The minimum atomic E-state index is 0.929. The van der Waals surface area contributed by atoms with E-state index in [2.05, 4.69) is 110 Å². The second-order valence-electron chi connectivity index (χ2n) is 8.33. The molecular formula is C31H22O. The van der Waals surface area contributed by atoms with E-state index < -0.39 is 0 Å². The summed E-state index contributed by atoms with van der Waals surface area (Å²) < 4.78 is 5.99. The van der Waals surface area contributed by atoms with E-state index in [1.54, 1.807) is 0 Å². The van der Waals surface area contributed by atoms with E-state index in [0.29, 0.717) is 0 Å². The van der Waals surface area contributed by atoms with Gasteiger partial charge in [0.1, 0.15) is 11.2 Å². The number of hydrogen-bond donors (Lipinski definition) is 0. The van der Waals surface area contributed by atoms with Crippen LogP contribution in [0, 0.1) is 6.92 Å². The number of furan rings is 1. The average molecular weight is 411 g/mol. The van der Waals surface area contributed by atoms with Gasteiger partial charge in [-0.3, -0.25) is 0 Å². The Kier molecular flexibility index (Phi) is 4.40. The Morgan fingerprint density at radius 1 is 0.406 bits per heavy atom. The van der Waals surface area contributed by atoms with Crippen molar-refractivity contribution in [2.24, 2.45) is 0 Å². The van der Waals surface area contributed by atoms with Gasteiger partial charge in [-0.25, -0.2) is 0 Å². The van der Waals surface area contributed by atoms with Gasteiger partial charge in [-0.05, 0) is 64.6 Å². The van der Waals surface area contributed by atoms with Crippen molar-refractivity contribution in [1.29, 1.82) is 0 Å². The van der Waals surface area contributed by atoms with Crippen molar-refractivity contribution in [3.8, 4) is 33.4 Å². The molecule has 0 aliphatic carbocycles. The highest BCUT2D eigenvalue weighted by Crippen LogP contribution is 2.34. The summed E-state index contributed by atoms with van der Waals surface area (Å²) in [5.41, 5.74) is 10.5. The molecule has 152 valence electrons. The summed E-state index contributed by atoms with van der Waals surface area (Å²) in [6, 6.07) is 40.9. The molecule has 0 unspecified atom stereocenters. The Morgan fingerprint density at radius 3 is 1.69 bits per heavy atom. The lowest BCUT2D eigenvalue weighted by atomic mass is 9.96. The van der Waals surface area contributed by atoms with Crippen LogP contribution in [0.5, 0.6) is 0 Å². The number of aryl methyl sites for hydroxylation is 1. The highest BCUT2D eigenvalue weighted by molar-refractivity contribution is 6.06. The molecule has 0 saturated heterocycles. The Labute approximate surface area is 187 Å². The molecule has 1 nitrogen and oxygen atoms in total. The molecule has 0 spiro atoms. The van der Waals surface area contributed by atoms with Crippen molar-refractivity contribution in [2.45, 2.75) is 6.92 Å². The van der Waals surface area contributed by atoms with Crippen molar-refractivity contribution in [3.05, 3.63) is 121 Å². The van der Waals surface area contributed by atoms with Crippen LogP contribution in [0.3, 0.4) is 0 Å². The van der Waals surface area contributed by atoms with E-state index in [9.17, 15) is 0 Å². The lowest BCUT2D eigenvalue weighted by Gasteiger charge is -2.08. The molecule has 6 aromatic rings. The molecule has 1 aromatic heterocycles. The fourth-order valence-electron chi connectivity index (χ4n) is 4.39. The van der Waals surface area contributed by atoms with Crippen LogP contribution in [-0.4, -0.2) is 0 Å². The van der Waals surface area contributed by atoms with Gasteiger partial charge >= 0.3 is 0 Å². The van der Waals surface area contributed by atoms with Gasteiger partial charge in [0.15, 0.2) is 0 Å². The van der Waals surface area contributed by atoms with E-state index >= 15 is 0 Å². The van der Waals surface area contributed by atoms with Gasteiger partial charge in [-0.15, -0.1) is 0 Å². The normalized spacial score (nSPS) is 11.3. The van der Waals surface area contributed by atoms with E-state index in [0.717, 1.165) is 21.9 Å². The summed E-state index contributed by atoms with van der Waals surface area (Å²) in [6.07, 6.45) is 0. The van der Waals surface area contributed by atoms with Crippen molar-refractivity contribution < 1.29 is 4.42 Å². The molecule has 6 rings (SSSR count). The molecule has 0 fully saturated rings. The maximum Gasteiger partial charge on any atom is 0.135 e. The van der Waals surface area contributed by atoms with Crippen LogP contribution in [-0.2, 0) is 0 Å². The lowest BCUT2D eigenvalue weighted by Crippen LogP contribution is -1.83. The topological polar surface area (TPSA) is 13.1 Å². The second kappa shape index (κ2) is 7.55. The second-order valence-corrected chi connectivity index (χ2v) is 8.33. The number of para-hydroxylation sites is 1. The maximum atomic E-state index is 5.99. The summed E-state index contributed by atoms with van der Waals surface area (Å²) in [6.45, 7) is 2.12. The third kappa shape index (κ3) is 3.29. The largest absolute Gasteiger partial charge is 0.456 e. The van der Waals surface area contributed by atoms with Crippen molar-refractivity contribution >= 4 is 21.9 Å². The van der Waals surface area contributed by atoms with Gasteiger partial charge in [0.2, 0.25) is 0 Å². The maximum absolute atomic E-state index is 5.99. The Morgan fingerprint density at radius 2 is 0.938 bits per heavy atom. The average Bonchev–Trinajstić information content (AvgIpc) is 3.23. The Hall–Kier alpha value is -4.10. The molecule has 0 aliphatic rings. The monoisotopic (exact) mass is 410 g/mol. The van der Waals surface area contributed by atoms with Crippen molar-refractivity contribution in [2.75, 3.05) is 0 Å². The van der Waals surface area contributed by atoms with E-state index in [-0.39, 0.29) is 0 Å². The van der Waals surface area contributed by atoms with Crippen LogP contribution in [0.1, 0.15) is 5.56 Å². The number of rotatable bonds is 3. The molecule has 0 amide bonds. The van der Waals surface area contributed by atoms with Crippen LogP contribution < -0.4 is 0 Å². The van der Waals surface area contributed by atoms with Gasteiger partial charge in [-0.1, -0.05) is 96.6 Å². The molecule has 0 atom stereocenters. The zero-order chi connectivity index (χ0) is 21.5. The lowest BCUT2D eigenvalue weighted by molar-refractivity contribution is 0.669. The molecule has 0 bridgehead atoms. The molecule has 0 radical (unpaired) electrons. The zero-order valence-corrected chi connectivity index (χ0v) is 17.9. The van der Waals surface area contributed by atoms with Gasteiger partial charge in [0.25, 0.3) is 0 Å². The summed E-state index contributed by atoms with van der Waals surface area (Å²) in [5.74, 6) is 0. The molecule has 32 heavy (non-hydrogen) atoms. The smallest absolute Gasteiger partial charge is 0.135 e. The molecule has 0 N–H and O–H groups in total. The minimum Gasteiger partial charge on any atom is -0.456 e. The van der Waals surface area contributed by atoms with Crippen LogP contribution >= 0.6 is 0 Å². The third-order valence-electron chi connectivity index (χ3n) is 6.18. The fourth-order valence-corrected chi connectivity index (χ4v) is 4.39. The first-order valence-corrected chi connectivity index (χ1v) is 10.9. The van der Waals surface area contributed by atoms with E-state index in [1.165, 1.54) is 38.9 Å². The summed E-state index contributed by atoms with van der Waals surface area (Å²) in [4.78, 5) is 0. The predicted octanol–water partition coefficient (Wildman–Crippen LogP) is 8.90. The molecule has 1 heterocycles.